The third kappa shape index (κ3) is 5.04. The molecule has 1 N–H and O–H groups in total. The molecule has 0 bridgehead atoms. The van der Waals surface area contributed by atoms with E-state index in [9.17, 15) is 4.79 Å². The average molecular weight is 264 g/mol. The number of ether oxygens (including phenoxy) is 2. The minimum absolute atomic E-state index is 0.111. The molecule has 104 valence electrons. The molecule has 1 atom stereocenters. The summed E-state index contributed by atoms with van der Waals surface area (Å²) in [5.74, 6) is 0.344. The van der Waals surface area contributed by atoms with Crippen molar-refractivity contribution in [3.63, 3.8) is 0 Å². The van der Waals surface area contributed by atoms with E-state index in [1.807, 2.05) is 13.8 Å². The van der Waals surface area contributed by atoms with Crippen LogP contribution in [-0.2, 0) is 4.79 Å². The number of carboxylic acid groups (broad SMARTS) is 1. The Kier molecular flexibility index (Phi) is 5.93. The van der Waals surface area contributed by atoms with Crippen molar-refractivity contribution in [2.24, 2.45) is 0 Å². The van der Waals surface area contributed by atoms with Gasteiger partial charge in [0.1, 0.15) is 0 Å². The van der Waals surface area contributed by atoms with E-state index < -0.39 is 5.97 Å². The minimum Gasteiger partial charge on any atom is -0.490 e. The van der Waals surface area contributed by atoms with Gasteiger partial charge in [-0.25, -0.2) is 4.79 Å². The predicted octanol–water partition coefficient (Wildman–Crippen LogP) is 3.36. The molecule has 0 fully saturated rings. The molecule has 0 saturated heterocycles. The van der Waals surface area contributed by atoms with Gasteiger partial charge in [0.2, 0.25) is 0 Å². The maximum absolute atomic E-state index is 10.5. The largest absolute Gasteiger partial charge is 0.490 e. The molecule has 4 nitrogen and oxygen atoms in total. The van der Waals surface area contributed by atoms with Crippen molar-refractivity contribution in [3.05, 3.63) is 29.8 Å². The normalized spacial score (nSPS) is 12.4. The quantitative estimate of drug-likeness (QED) is 0.767. The number of hydrogen-bond acceptors (Lipinski definition) is 3. The molecule has 0 spiro atoms. The molecule has 1 rings (SSSR count). The van der Waals surface area contributed by atoms with E-state index in [-0.39, 0.29) is 6.10 Å². The monoisotopic (exact) mass is 264 g/mol. The molecule has 0 aliphatic carbocycles. The third-order valence-electron chi connectivity index (χ3n) is 2.59. The van der Waals surface area contributed by atoms with Crippen LogP contribution in [0.3, 0.4) is 0 Å². The van der Waals surface area contributed by atoms with Gasteiger partial charge in [-0.05, 0) is 44.0 Å². The summed E-state index contributed by atoms with van der Waals surface area (Å²) in [6.45, 7) is 6.47. The predicted molar refractivity (Wildman–Crippen MR) is 74.7 cm³/mol. The van der Waals surface area contributed by atoms with E-state index in [0.717, 1.165) is 18.1 Å². The topological polar surface area (TPSA) is 55.8 Å². The highest BCUT2D eigenvalue weighted by Gasteiger charge is 2.08. The Morgan fingerprint density at radius 1 is 1.37 bits per heavy atom. The van der Waals surface area contributed by atoms with Gasteiger partial charge in [-0.15, -0.1) is 0 Å². The Labute approximate surface area is 113 Å². The lowest BCUT2D eigenvalue weighted by molar-refractivity contribution is -0.131. The summed E-state index contributed by atoms with van der Waals surface area (Å²) in [6.07, 6.45) is 3.64. The molecule has 0 amide bonds. The summed E-state index contributed by atoms with van der Waals surface area (Å²) in [6, 6.07) is 5.39. The highest BCUT2D eigenvalue weighted by atomic mass is 16.5. The van der Waals surface area contributed by atoms with Crippen LogP contribution in [0.2, 0.25) is 0 Å². The molecule has 1 unspecified atom stereocenters. The van der Waals surface area contributed by atoms with Crippen LogP contribution in [-0.4, -0.2) is 23.8 Å². The Balaban J connectivity index is 2.96. The van der Waals surface area contributed by atoms with E-state index in [1.165, 1.54) is 6.08 Å². The molecule has 1 aromatic rings. The molecule has 1 aromatic carbocycles. The van der Waals surface area contributed by atoms with E-state index in [0.29, 0.717) is 18.1 Å². The van der Waals surface area contributed by atoms with Crippen LogP contribution in [0.1, 0.15) is 32.8 Å². The summed E-state index contributed by atoms with van der Waals surface area (Å²) in [7, 11) is 0. The maximum atomic E-state index is 10.5. The van der Waals surface area contributed by atoms with Gasteiger partial charge in [0.05, 0.1) is 12.7 Å². The zero-order chi connectivity index (χ0) is 14.3. The highest BCUT2D eigenvalue weighted by Crippen LogP contribution is 2.30. The van der Waals surface area contributed by atoms with E-state index >= 15 is 0 Å². The van der Waals surface area contributed by atoms with Gasteiger partial charge in [0, 0.05) is 6.08 Å². The van der Waals surface area contributed by atoms with Crippen molar-refractivity contribution in [2.45, 2.75) is 33.3 Å². The fourth-order valence-electron chi connectivity index (χ4n) is 1.46. The summed E-state index contributed by atoms with van der Waals surface area (Å²) in [5, 5.41) is 8.61. The van der Waals surface area contributed by atoms with Crippen molar-refractivity contribution >= 4 is 12.0 Å². The van der Waals surface area contributed by atoms with Crippen molar-refractivity contribution in [3.8, 4) is 11.5 Å². The zero-order valence-electron chi connectivity index (χ0n) is 11.6. The molecule has 0 aliphatic rings. The van der Waals surface area contributed by atoms with Gasteiger partial charge in [0.15, 0.2) is 11.5 Å². The van der Waals surface area contributed by atoms with Gasteiger partial charge < -0.3 is 14.6 Å². The van der Waals surface area contributed by atoms with E-state index in [4.69, 9.17) is 14.6 Å². The Hall–Kier alpha value is -1.97. The molecular formula is C15H20O4. The van der Waals surface area contributed by atoms with Crippen LogP contribution in [0.25, 0.3) is 6.08 Å². The first-order valence-electron chi connectivity index (χ1n) is 6.41. The van der Waals surface area contributed by atoms with E-state index in [2.05, 4.69) is 6.92 Å². The SMILES string of the molecule is CCOc1cc(/C=C/C(=O)O)ccc1OC(C)CC. The molecule has 0 aromatic heterocycles. The Morgan fingerprint density at radius 3 is 2.68 bits per heavy atom. The molecule has 0 heterocycles. The highest BCUT2D eigenvalue weighted by molar-refractivity contribution is 5.85. The first-order chi connectivity index (χ1) is 9.06. The van der Waals surface area contributed by atoms with Crippen molar-refractivity contribution in [1.29, 1.82) is 0 Å². The fraction of sp³-hybridized carbons (Fsp3) is 0.400. The Morgan fingerprint density at radius 2 is 2.11 bits per heavy atom. The van der Waals surface area contributed by atoms with Crippen LogP contribution in [0.5, 0.6) is 11.5 Å². The fourth-order valence-corrected chi connectivity index (χ4v) is 1.46. The molecule has 19 heavy (non-hydrogen) atoms. The number of carbonyl (C=O) groups is 1. The summed E-state index contributed by atoms with van der Waals surface area (Å²) >= 11 is 0. The summed E-state index contributed by atoms with van der Waals surface area (Å²) in [5.41, 5.74) is 0.766. The summed E-state index contributed by atoms with van der Waals surface area (Å²) < 4.78 is 11.3. The average Bonchev–Trinajstić information content (AvgIpc) is 2.39. The number of benzene rings is 1. The van der Waals surface area contributed by atoms with Crippen molar-refractivity contribution in [1.82, 2.24) is 0 Å². The van der Waals surface area contributed by atoms with Gasteiger partial charge in [0.25, 0.3) is 0 Å². The number of aliphatic carboxylic acids is 1. The summed E-state index contributed by atoms with van der Waals surface area (Å²) in [4.78, 5) is 10.5. The molecule has 0 radical (unpaired) electrons. The standard InChI is InChI=1S/C15H20O4/c1-4-11(3)19-13-8-6-12(7-9-15(16)17)10-14(13)18-5-2/h6-11H,4-5H2,1-3H3,(H,16,17)/b9-7+. The van der Waals surface area contributed by atoms with Gasteiger partial charge in [-0.2, -0.15) is 0 Å². The van der Waals surface area contributed by atoms with Crippen LogP contribution in [0.15, 0.2) is 24.3 Å². The lowest BCUT2D eigenvalue weighted by Crippen LogP contribution is -2.10. The van der Waals surface area contributed by atoms with Gasteiger partial charge >= 0.3 is 5.97 Å². The third-order valence-corrected chi connectivity index (χ3v) is 2.59. The second-order valence-electron chi connectivity index (χ2n) is 4.15. The van der Waals surface area contributed by atoms with Crippen LogP contribution in [0, 0.1) is 0 Å². The lowest BCUT2D eigenvalue weighted by atomic mass is 10.2. The van der Waals surface area contributed by atoms with Crippen LogP contribution in [0.4, 0.5) is 0 Å². The smallest absolute Gasteiger partial charge is 0.328 e. The first kappa shape index (κ1) is 15.1. The zero-order valence-corrected chi connectivity index (χ0v) is 11.6. The lowest BCUT2D eigenvalue weighted by Gasteiger charge is -2.16. The molecule has 4 heteroatoms. The second kappa shape index (κ2) is 7.46. The molecule has 0 aliphatic heterocycles. The van der Waals surface area contributed by atoms with Crippen LogP contribution < -0.4 is 9.47 Å². The van der Waals surface area contributed by atoms with Gasteiger partial charge in [-0.1, -0.05) is 13.0 Å². The van der Waals surface area contributed by atoms with Crippen molar-refractivity contribution in [2.75, 3.05) is 6.61 Å². The maximum Gasteiger partial charge on any atom is 0.328 e. The second-order valence-corrected chi connectivity index (χ2v) is 4.15. The van der Waals surface area contributed by atoms with Crippen molar-refractivity contribution < 1.29 is 19.4 Å². The Bertz CT molecular complexity index is 451. The molecule has 0 saturated carbocycles. The first-order valence-corrected chi connectivity index (χ1v) is 6.41. The van der Waals surface area contributed by atoms with E-state index in [1.54, 1.807) is 18.2 Å². The molecular weight excluding hydrogens is 244 g/mol. The number of hydrogen-bond donors (Lipinski definition) is 1. The number of rotatable bonds is 7. The van der Waals surface area contributed by atoms with Crippen LogP contribution >= 0.6 is 0 Å². The minimum atomic E-state index is -0.974. The number of carboxylic acids is 1. The van der Waals surface area contributed by atoms with Gasteiger partial charge in [-0.3, -0.25) is 0 Å².